The molecule has 6 nitrogen and oxygen atoms in total. The van der Waals surface area contributed by atoms with Crippen molar-refractivity contribution < 1.29 is 9.53 Å². The molecule has 0 unspecified atom stereocenters. The maximum absolute atomic E-state index is 12.8. The van der Waals surface area contributed by atoms with E-state index in [2.05, 4.69) is 11.2 Å². The minimum absolute atomic E-state index is 0.274. The Bertz CT molecular complexity index is 951. The van der Waals surface area contributed by atoms with Gasteiger partial charge in [-0.3, -0.25) is 9.20 Å². The molecule has 0 bridgehead atoms. The molecule has 0 aromatic carbocycles. The molecule has 23 heavy (non-hydrogen) atoms. The lowest BCUT2D eigenvalue weighted by Gasteiger charge is -2.15. The first-order chi connectivity index (χ1) is 11.0. The average molecular weight is 333 g/mol. The fraction of sp³-hybridized carbons (Fsp3) is 0.438. The van der Waals surface area contributed by atoms with E-state index in [0.29, 0.717) is 11.9 Å². The highest BCUT2D eigenvalue weighted by Gasteiger charge is 2.22. The van der Waals surface area contributed by atoms with Gasteiger partial charge in [0.15, 0.2) is 6.04 Å². The number of ether oxygens (including phenoxy) is 1. The zero-order valence-corrected chi connectivity index (χ0v) is 14.4. The summed E-state index contributed by atoms with van der Waals surface area (Å²) in [7, 11) is 0. The minimum Gasteiger partial charge on any atom is -0.464 e. The zero-order chi connectivity index (χ0) is 16.7. The molecule has 3 heterocycles. The predicted octanol–water partition coefficient (Wildman–Crippen LogP) is 2.71. The lowest BCUT2D eigenvalue weighted by atomic mass is 10.3. The molecule has 3 aromatic heterocycles. The molecule has 0 amide bonds. The molecule has 0 spiro atoms. The summed E-state index contributed by atoms with van der Waals surface area (Å²) < 4.78 is 9.21. The van der Waals surface area contributed by atoms with Gasteiger partial charge in [0.1, 0.15) is 11.3 Å². The molecule has 0 saturated heterocycles. The molecule has 3 rings (SSSR count). The summed E-state index contributed by atoms with van der Waals surface area (Å²) in [4.78, 5) is 25.9. The minimum atomic E-state index is -0.743. The highest BCUT2D eigenvalue weighted by molar-refractivity contribution is 7.19. The van der Waals surface area contributed by atoms with E-state index < -0.39 is 12.0 Å². The van der Waals surface area contributed by atoms with E-state index in [9.17, 15) is 9.59 Å². The smallest absolute Gasteiger partial charge is 0.330 e. The molecule has 0 aliphatic heterocycles. The molecule has 122 valence electrons. The van der Waals surface area contributed by atoms with Crippen LogP contribution in [0.2, 0.25) is 0 Å². The van der Waals surface area contributed by atoms with Crippen LogP contribution in [0.3, 0.4) is 0 Å². The Labute approximate surface area is 137 Å². The second-order valence-electron chi connectivity index (χ2n) is 5.42. The molecule has 1 atom stereocenters. The summed E-state index contributed by atoms with van der Waals surface area (Å²) in [5, 5.41) is 4.42. The number of hydrogen-bond donors (Lipinski definition) is 0. The van der Waals surface area contributed by atoms with Crippen molar-refractivity contribution in [3.8, 4) is 0 Å². The fourth-order valence-electron chi connectivity index (χ4n) is 2.74. The molecule has 0 fully saturated rings. The highest BCUT2D eigenvalue weighted by atomic mass is 32.1. The number of fused-ring (bicyclic) bond motifs is 3. The van der Waals surface area contributed by atoms with E-state index in [0.717, 1.165) is 16.0 Å². The molecule has 0 aliphatic carbocycles. The normalized spacial score (nSPS) is 12.9. The van der Waals surface area contributed by atoms with Crippen LogP contribution in [0.4, 0.5) is 0 Å². The predicted molar refractivity (Wildman–Crippen MR) is 90.3 cm³/mol. The number of carbonyl (C=O) groups excluding carboxylic acids is 1. The van der Waals surface area contributed by atoms with E-state index in [-0.39, 0.29) is 12.2 Å². The number of esters is 1. The van der Waals surface area contributed by atoms with Crippen molar-refractivity contribution in [2.45, 2.75) is 40.2 Å². The van der Waals surface area contributed by atoms with E-state index in [1.54, 1.807) is 25.2 Å². The Morgan fingerprint density at radius 2 is 2.09 bits per heavy atom. The SMILES string of the molecule is CCOC(=O)[C@@H](C)n1nc(CC)n2c(cc3sc(C)cc32)c1=O. The van der Waals surface area contributed by atoms with E-state index in [1.165, 1.54) is 9.56 Å². The number of thiophene rings is 1. The lowest BCUT2D eigenvalue weighted by Crippen LogP contribution is -2.33. The summed E-state index contributed by atoms with van der Waals surface area (Å²) in [6.07, 6.45) is 0.658. The lowest BCUT2D eigenvalue weighted by molar-refractivity contribution is -0.147. The van der Waals surface area contributed by atoms with Gasteiger partial charge in [0.05, 0.1) is 16.8 Å². The molecule has 7 heteroatoms. The number of rotatable bonds is 4. The third-order valence-corrected chi connectivity index (χ3v) is 4.82. The van der Waals surface area contributed by atoms with Gasteiger partial charge in [-0.25, -0.2) is 9.48 Å². The summed E-state index contributed by atoms with van der Waals surface area (Å²) in [5.74, 6) is 0.307. The van der Waals surface area contributed by atoms with Gasteiger partial charge in [0, 0.05) is 11.3 Å². The first-order valence-electron chi connectivity index (χ1n) is 7.67. The van der Waals surface area contributed by atoms with Gasteiger partial charge in [-0.2, -0.15) is 5.10 Å². The van der Waals surface area contributed by atoms with Crippen molar-refractivity contribution in [2.75, 3.05) is 6.61 Å². The molecular formula is C16H19N3O3S. The zero-order valence-electron chi connectivity index (χ0n) is 13.6. The summed E-state index contributed by atoms with van der Waals surface area (Å²) in [5.41, 5.74) is 1.28. The van der Waals surface area contributed by atoms with Crippen molar-refractivity contribution >= 4 is 33.0 Å². The number of hydrogen-bond acceptors (Lipinski definition) is 5. The Balaban J connectivity index is 2.28. The fourth-order valence-corrected chi connectivity index (χ4v) is 3.68. The largest absolute Gasteiger partial charge is 0.464 e. The third-order valence-electron chi connectivity index (χ3n) is 3.83. The molecular weight excluding hydrogens is 314 g/mol. The van der Waals surface area contributed by atoms with Crippen LogP contribution in [0, 0.1) is 6.92 Å². The summed E-state index contributed by atoms with van der Waals surface area (Å²) in [6, 6.07) is 3.20. The topological polar surface area (TPSA) is 65.6 Å². The van der Waals surface area contributed by atoms with Crippen molar-refractivity contribution in [3.63, 3.8) is 0 Å². The summed E-state index contributed by atoms with van der Waals surface area (Å²) in [6.45, 7) is 7.68. The third kappa shape index (κ3) is 2.45. The van der Waals surface area contributed by atoms with Gasteiger partial charge >= 0.3 is 5.97 Å². The van der Waals surface area contributed by atoms with E-state index in [1.807, 2.05) is 24.3 Å². The molecule has 3 aromatic rings. The average Bonchev–Trinajstić information content (AvgIpc) is 3.04. The second-order valence-corrected chi connectivity index (χ2v) is 6.71. The standard InChI is InChI=1S/C16H19N3O3S/c1-5-14-17-19(10(4)16(21)22-6-2)15(20)12-8-13-11(18(12)14)7-9(3)23-13/h7-8,10H,5-6H2,1-4H3/t10-/m1/s1. The quantitative estimate of drug-likeness (QED) is 0.689. The van der Waals surface area contributed by atoms with Crippen molar-refractivity contribution in [1.29, 1.82) is 0 Å². The Morgan fingerprint density at radius 3 is 2.74 bits per heavy atom. The van der Waals surface area contributed by atoms with Crippen molar-refractivity contribution in [2.24, 2.45) is 0 Å². The van der Waals surface area contributed by atoms with Crippen LogP contribution < -0.4 is 5.56 Å². The Morgan fingerprint density at radius 1 is 1.35 bits per heavy atom. The van der Waals surface area contributed by atoms with Gasteiger partial charge in [-0.05, 0) is 32.9 Å². The first kappa shape index (κ1) is 15.7. The Hall–Kier alpha value is -2.15. The van der Waals surface area contributed by atoms with Gasteiger partial charge in [-0.1, -0.05) is 6.92 Å². The molecule has 0 saturated carbocycles. The van der Waals surface area contributed by atoms with Gasteiger partial charge < -0.3 is 4.74 Å². The molecule has 0 radical (unpaired) electrons. The maximum atomic E-state index is 12.8. The van der Waals surface area contributed by atoms with Crippen LogP contribution in [0.5, 0.6) is 0 Å². The van der Waals surface area contributed by atoms with E-state index in [4.69, 9.17) is 4.74 Å². The van der Waals surface area contributed by atoms with Gasteiger partial charge in [0.25, 0.3) is 5.56 Å². The van der Waals surface area contributed by atoms with Crippen molar-refractivity contribution in [3.05, 3.63) is 33.2 Å². The number of aromatic nitrogens is 3. The first-order valence-corrected chi connectivity index (χ1v) is 8.49. The number of aryl methyl sites for hydroxylation is 2. The van der Waals surface area contributed by atoms with Crippen LogP contribution >= 0.6 is 11.3 Å². The molecule has 0 aliphatic rings. The van der Waals surface area contributed by atoms with Crippen LogP contribution in [-0.2, 0) is 16.0 Å². The van der Waals surface area contributed by atoms with Crippen LogP contribution in [0.25, 0.3) is 15.7 Å². The number of nitrogens with zero attached hydrogens (tertiary/aromatic N) is 3. The van der Waals surface area contributed by atoms with Gasteiger partial charge in [0.2, 0.25) is 0 Å². The maximum Gasteiger partial charge on any atom is 0.330 e. The van der Waals surface area contributed by atoms with E-state index >= 15 is 0 Å². The summed E-state index contributed by atoms with van der Waals surface area (Å²) >= 11 is 1.65. The number of carbonyl (C=O) groups is 1. The monoisotopic (exact) mass is 333 g/mol. The van der Waals surface area contributed by atoms with Crippen LogP contribution in [-0.4, -0.2) is 26.8 Å². The Kier molecular flexibility index (Phi) is 3.97. The van der Waals surface area contributed by atoms with Crippen LogP contribution in [0.1, 0.15) is 37.5 Å². The highest BCUT2D eigenvalue weighted by Crippen LogP contribution is 2.28. The van der Waals surface area contributed by atoms with Crippen LogP contribution in [0.15, 0.2) is 16.9 Å². The second kappa shape index (κ2) is 5.81. The van der Waals surface area contributed by atoms with Gasteiger partial charge in [-0.15, -0.1) is 11.3 Å². The van der Waals surface area contributed by atoms with Crippen molar-refractivity contribution in [1.82, 2.24) is 14.2 Å². The molecule has 0 N–H and O–H groups in total.